The predicted octanol–water partition coefficient (Wildman–Crippen LogP) is 2.72. The third-order valence-electron chi connectivity index (χ3n) is 4.37. The van der Waals surface area contributed by atoms with Gasteiger partial charge >= 0.3 is 0 Å². The number of benzene rings is 2. The Balaban J connectivity index is 1.75. The number of carbonyl (C=O) groups is 3. The number of nitrogens with zero attached hydrogens (tertiary/aromatic N) is 2. The second kappa shape index (κ2) is 9.45. The van der Waals surface area contributed by atoms with Crippen molar-refractivity contribution in [2.75, 3.05) is 11.9 Å². The zero-order chi connectivity index (χ0) is 20.6. The Bertz CT molecular complexity index is 954. The highest BCUT2D eigenvalue weighted by molar-refractivity contribution is 6.43. The minimum absolute atomic E-state index is 0.130. The van der Waals surface area contributed by atoms with E-state index in [1.165, 1.54) is 5.01 Å². The Labute approximate surface area is 169 Å². The van der Waals surface area contributed by atoms with Gasteiger partial charge in [-0.2, -0.15) is 5.10 Å². The number of hydrazone groups is 1. The molecule has 148 valence electrons. The molecular formula is C22H22N4O3. The normalized spacial score (nSPS) is 13.4. The molecule has 3 rings (SSSR count). The summed E-state index contributed by atoms with van der Waals surface area (Å²) in [6, 6.07) is 16.2. The Morgan fingerprint density at radius 2 is 1.76 bits per heavy atom. The molecule has 2 aromatic carbocycles. The molecule has 0 bridgehead atoms. The van der Waals surface area contributed by atoms with Crippen molar-refractivity contribution in [2.24, 2.45) is 5.10 Å². The van der Waals surface area contributed by atoms with E-state index in [4.69, 9.17) is 0 Å². The first-order chi connectivity index (χ1) is 14.1. The van der Waals surface area contributed by atoms with Crippen molar-refractivity contribution in [2.45, 2.75) is 19.4 Å². The number of amides is 3. The smallest absolute Gasteiger partial charge is 0.271 e. The summed E-state index contributed by atoms with van der Waals surface area (Å²) in [5, 5.41) is 11.0. The van der Waals surface area contributed by atoms with Crippen molar-refractivity contribution in [3.8, 4) is 0 Å². The lowest BCUT2D eigenvalue weighted by molar-refractivity contribution is -0.132. The third kappa shape index (κ3) is 5.16. The Hall–Kier alpha value is -3.74. The quantitative estimate of drug-likeness (QED) is 0.712. The highest BCUT2D eigenvalue weighted by Gasteiger charge is 2.25. The van der Waals surface area contributed by atoms with Crippen LogP contribution in [0.1, 0.15) is 28.8 Å². The van der Waals surface area contributed by atoms with Crippen LogP contribution >= 0.6 is 0 Å². The van der Waals surface area contributed by atoms with Crippen LogP contribution in [0.3, 0.4) is 0 Å². The van der Waals surface area contributed by atoms with Crippen LogP contribution in [0.25, 0.3) is 0 Å². The molecule has 1 heterocycles. The number of hydrogen-bond acceptors (Lipinski definition) is 4. The number of carbonyl (C=O) groups excluding carboxylic acids is 3. The van der Waals surface area contributed by atoms with E-state index < -0.39 is 5.91 Å². The first-order valence-electron chi connectivity index (χ1n) is 9.29. The van der Waals surface area contributed by atoms with Crippen LogP contribution in [-0.2, 0) is 16.1 Å². The minimum atomic E-state index is -0.431. The summed E-state index contributed by atoms with van der Waals surface area (Å²) < 4.78 is 0. The number of rotatable bonds is 7. The zero-order valence-electron chi connectivity index (χ0n) is 15.9. The zero-order valence-corrected chi connectivity index (χ0v) is 15.9. The van der Waals surface area contributed by atoms with Gasteiger partial charge in [-0.05, 0) is 17.7 Å². The van der Waals surface area contributed by atoms with Crippen molar-refractivity contribution in [1.82, 2.24) is 10.3 Å². The number of para-hydroxylation sites is 1. The fraction of sp³-hybridized carbons (Fsp3) is 0.182. The van der Waals surface area contributed by atoms with Crippen molar-refractivity contribution < 1.29 is 14.4 Å². The molecule has 1 aliphatic rings. The highest BCUT2D eigenvalue weighted by Crippen LogP contribution is 2.18. The predicted molar refractivity (Wildman–Crippen MR) is 111 cm³/mol. The first kappa shape index (κ1) is 20.0. The average molecular weight is 390 g/mol. The van der Waals surface area contributed by atoms with E-state index in [-0.39, 0.29) is 30.4 Å². The van der Waals surface area contributed by atoms with Crippen LogP contribution in [0.2, 0.25) is 0 Å². The number of nitrogens with one attached hydrogen (secondary N) is 2. The maximum Gasteiger partial charge on any atom is 0.271 e. The molecule has 7 nitrogen and oxygen atoms in total. The molecule has 0 spiro atoms. The van der Waals surface area contributed by atoms with Gasteiger partial charge in [-0.15, -0.1) is 6.58 Å². The van der Waals surface area contributed by atoms with E-state index in [0.29, 0.717) is 24.3 Å². The van der Waals surface area contributed by atoms with Gasteiger partial charge in [0.15, 0.2) is 0 Å². The molecule has 7 heteroatoms. The molecule has 0 saturated carbocycles. The number of hydrogen-bond donors (Lipinski definition) is 2. The van der Waals surface area contributed by atoms with Crippen molar-refractivity contribution in [3.05, 3.63) is 78.4 Å². The summed E-state index contributed by atoms with van der Waals surface area (Å²) in [5.41, 5.74) is 1.90. The van der Waals surface area contributed by atoms with Gasteiger partial charge in [-0.1, -0.05) is 48.5 Å². The van der Waals surface area contributed by atoms with Gasteiger partial charge in [0.25, 0.3) is 11.8 Å². The largest absolute Gasteiger partial charge is 0.349 e. The van der Waals surface area contributed by atoms with Crippen LogP contribution in [0, 0.1) is 0 Å². The topological polar surface area (TPSA) is 90.9 Å². The molecule has 2 N–H and O–H groups in total. The summed E-state index contributed by atoms with van der Waals surface area (Å²) >= 11 is 0. The summed E-state index contributed by atoms with van der Waals surface area (Å²) in [5.74, 6) is -0.874. The lowest BCUT2D eigenvalue weighted by Crippen LogP contribution is -2.36. The molecule has 0 fully saturated rings. The summed E-state index contributed by atoms with van der Waals surface area (Å²) in [7, 11) is 0. The molecule has 3 amide bonds. The summed E-state index contributed by atoms with van der Waals surface area (Å²) in [6.07, 6.45) is 2.04. The molecule has 0 unspecified atom stereocenters. The molecule has 0 atom stereocenters. The molecule has 0 aliphatic carbocycles. The monoisotopic (exact) mass is 390 g/mol. The minimum Gasteiger partial charge on any atom is -0.349 e. The van der Waals surface area contributed by atoms with Crippen LogP contribution in [-0.4, -0.2) is 35.0 Å². The highest BCUT2D eigenvalue weighted by atomic mass is 16.2. The molecule has 29 heavy (non-hydrogen) atoms. The van der Waals surface area contributed by atoms with Gasteiger partial charge in [-0.25, -0.2) is 5.01 Å². The Morgan fingerprint density at radius 3 is 2.52 bits per heavy atom. The molecular weight excluding hydrogens is 368 g/mol. The van der Waals surface area contributed by atoms with E-state index in [0.717, 1.165) is 5.56 Å². The van der Waals surface area contributed by atoms with E-state index >= 15 is 0 Å². The van der Waals surface area contributed by atoms with Gasteiger partial charge in [0.1, 0.15) is 5.71 Å². The second-order valence-corrected chi connectivity index (χ2v) is 6.48. The number of anilines is 1. The maximum atomic E-state index is 12.7. The fourth-order valence-corrected chi connectivity index (χ4v) is 2.89. The van der Waals surface area contributed by atoms with E-state index in [1.807, 2.05) is 30.3 Å². The van der Waals surface area contributed by atoms with Crippen molar-refractivity contribution in [1.29, 1.82) is 0 Å². The molecule has 0 aromatic heterocycles. The SMILES string of the molecule is C=CCNC(=O)c1ccccc1NC(=O)C1=NN(Cc2ccccc2)C(=O)CC1. The van der Waals surface area contributed by atoms with Crippen LogP contribution < -0.4 is 10.6 Å². The van der Waals surface area contributed by atoms with Crippen LogP contribution in [0.15, 0.2) is 72.4 Å². The lowest BCUT2D eigenvalue weighted by atomic mass is 10.1. The second-order valence-electron chi connectivity index (χ2n) is 6.48. The van der Waals surface area contributed by atoms with Gasteiger partial charge in [0.2, 0.25) is 5.91 Å². The van der Waals surface area contributed by atoms with Crippen LogP contribution in [0.5, 0.6) is 0 Å². The molecule has 2 aromatic rings. The van der Waals surface area contributed by atoms with E-state index in [1.54, 1.807) is 30.3 Å². The summed E-state index contributed by atoms with van der Waals surface area (Å²) in [6.45, 7) is 4.20. The van der Waals surface area contributed by atoms with Crippen molar-refractivity contribution >= 4 is 29.1 Å². The third-order valence-corrected chi connectivity index (χ3v) is 4.37. The van der Waals surface area contributed by atoms with E-state index in [9.17, 15) is 14.4 Å². The molecule has 0 radical (unpaired) electrons. The van der Waals surface area contributed by atoms with Gasteiger partial charge in [0, 0.05) is 19.4 Å². The van der Waals surface area contributed by atoms with E-state index in [2.05, 4.69) is 22.3 Å². The van der Waals surface area contributed by atoms with Gasteiger partial charge < -0.3 is 10.6 Å². The van der Waals surface area contributed by atoms with Crippen molar-refractivity contribution in [3.63, 3.8) is 0 Å². The average Bonchev–Trinajstić information content (AvgIpc) is 2.74. The van der Waals surface area contributed by atoms with Gasteiger partial charge in [-0.3, -0.25) is 14.4 Å². The molecule has 0 saturated heterocycles. The van der Waals surface area contributed by atoms with Crippen LogP contribution in [0.4, 0.5) is 5.69 Å². The fourth-order valence-electron chi connectivity index (χ4n) is 2.89. The maximum absolute atomic E-state index is 12.7. The standard InChI is InChI=1S/C22H22N4O3/c1-2-14-23-21(28)17-10-6-7-11-18(17)24-22(29)19-12-13-20(27)26(25-19)15-16-8-4-3-5-9-16/h2-11H,1,12-15H2,(H,23,28)(H,24,29). The summed E-state index contributed by atoms with van der Waals surface area (Å²) in [4.78, 5) is 37.2. The molecule has 1 aliphatic heterocycles. The first-order valence-corrected chi connectivity index (χ1v) is 9.29. The Morgan fingerprint density at radius 1 is 1.03 bits per heavy atom. The van der Waals surface area contributed by atoms with Gasteiger partial charge in [0.05, 0.1) is 17.8 Å². The lowest BCUT2D eigenvalue weighted by Gasteiger charge is -2.23. The Kier molecular flexibility index (Phi) is 6.52.